The number of aromatic nitrogens is 1. The Kier molecular flexibility index (Phi) is 5.96. The number of benzene rings is 1. The molecule has 3 rings (SSSR count). The van der Waals surface area contributed by atoms with Crippen LogP contribution >= 0.6 is 0 Å². The van der Waals surface area contributed by atoms with E-state index in [2.05, 4.69) is 10.3 Å². The van der Waals surface area contributed by atoms with Gasteiger partial charge < -0.3 is 14.8 Å². The van der Waals surface area contributed by atoms with E-state index in [1.165, 1.54) is 13.2 Å². The fraction of sp³-hybridized carbons (Fsp3) is 0.368. The van der Waals surface area contributed by atoms with Crippen molar-refractivity contribution >= 4 is 6.09 Å². The number of carbonyl (C=O) groups excluding carboxylic acids is 1. The lowest BCUT2D eigenvalue weighted by Gasteiger charge is -2.18. The summed E-state index contributed by atoms with van der Waals surface area (Å²) < 4.78 is 24.1. The van der Waals surface area contributed by atoms with Crippen LogP contribution < -0.4 is 10.1 Å². The van der Waals surface area contributed by atoms with E-state index in [1.54, 1.807) is 6.20 Å². The first kappa shape index (κ1) is 18.7. The average molecular weight is 346 g/mol. The second-order valence-electron chi connectivity index (χ2n) is 6.56. The van der Waals surface area contributed by atoms with Crippen LogP contribution in [-0.4, -0.2) is 23.7 Å². The van der Waals surface area contributed by atoms with Gasteiger partial charge in [0, 0.05) is 12.6 Å². The van der Waals surface area contributed by atoms with Crippen molar-refractivity contribution in [3.63, 3.8) is 0 Å². The molecular weight excluding hydrogens is 323 g/mol. The molecule has 1 aliphatic heterocycles. The van der Waals surface area contributed by atoms with Crippen molar-refractivity contribution in [1.29, 1.82) is 0 Å². The summed E-state index contributed by atoms with van der Waals surface area (Å²) in [5, 5.41) is 2.36. The van der Waals surface area contributed by atoms with Crippen LogP contribution in [0.1, 0.15) is 31.9 Å². The molecule has 0 saturated carbocycles. The number of carbonyl (C=O) groups is 1. The Morgan fingerprint density at radius 3 is 2.56 bits per heavy atom. The number of halogens is 1. The number of nitrogens with one attached hydrogen (secondary N) is 1. The van der Waals surface area contributed by atoms with E-state index in [1.807, 2.05) is 45.0 Å². The average Bonchev–Trinajstić information content (AvgIpc) is 2.74. The monoisotopic (exact) mass is 346 g/mol. The van der Waals surface area contributed by atoms with Crippen LogP contribution in [0.15, 0.2) is 36.7 Å². The second-order valence-corrected chi connectivity index (χ2v) is 6.56. The molecule has 1 amide bonds. The summed E-state index contributed by atoms with van der Waals surface area (Å²) in [5.74, 6) is 1.05. The number of ether oxygens (including phenoxy) is 2. The highest BCUT2D eigenvalue weighted by Crippen LogP contribution is 2.33. The molecule has 1 N–H and O–H groups in total. The zero-order chi connectivity index (χ0) is 18.4. The van der Waals surface area contributed by atoms with E-state index >= 15 is 0 Å². The molecule has 1 aromatic carbocycles. The first-order chi connectivity index (χ1) is 11.8. The molecule has 2 heterocycles. The summed E-state index contributed by atoms with van der Waals surface area (Å²) >= 11 is 0. The van der Waals surface area contributed by atoms with Gasteiger partial charge in [-0.2, -0.15) is 0 Å². The highest BCUT2D eigenvalue weighted by Gasteiger charge is 2.17. The second kappa shape index (κ2) is 7.96. The topological polar surface area (TPSA) is 60.5 Å². The van der Waals surface area contributed by atoms with Crippen molar-refractivity contribution < 1.29 is 18.7 Å². The molecule has 134 valence electrons. The van der Waals surface area contributed by atoms with Gasteiger partial charge in [-0.25, -0.2) is 9.18 Å². The van der Waals surface area contributed by atoms with Gasteiger partial charge >= 0.3 is 6.09 Å². The molecule has 25 heavy (non-hydrogen) atoms. The summed E-state index contributed by atoms with van der Waals surface area (Å²) in [6, 6.07) is 7.78. The highest BCUT2D eigenvalue weighted by atomic mass is 19.1. The van der Waals surface area contributed by atoms with Crippen molar-refractivity contribution in [2.75, 3.05) is 7.05 Å². The van der Waals surface area contributed by atoms with Crippen LogP contribution in [0.2, 0.25) is 0 Å². The number of amides is 1. The molecule has 2 aromatic rings. The summed E-state index contributed by atoms with van der Waals surface area (Å²) in [6.45, 7) is 5.46. The van der Waals surface area contributed by atoms with Crippen LogP contribution in [0.3, 0.4) is 0 Å². The van der Waals surface area contributed by atoms with E-state index in [0.717, 1.165) is 17.7 Å². The molecule has 0 radical (unpaired) electrons. The minimum Gasteiger partial charge on any atom is -0.455 e. The number of pyridine rings is 1. The lowest BCUT2D eigenvalue weighted by molar-refractivity contribution is 0.0541. The Morgan fingerprint density at radius 2 is 1.92 bits per heavy atom. The lowest BCUT2D eigenvalue weighted by atomic mass is 10.1. The third kappa shape index (κ3) is 5.45. The fourth-order valence-corrected chi connectivity index (χ4v) is 2.29. The minimum atomic E-state index is -0.389. The minimum absolute atomic E-state index is 0.287. The van der Waals surface area contributed by atoms with Crippen LogP contribution in [-0.2, 0) is 17.6 Å². The molecule has 0 saturated heterocycles. The van der Waals surface area contributed by atoms with Crippen molar-refractivity contribution in [1.82, 2.24) is 10.3 Å². The van der Waals surface area contributed by atoms with Crippen LogP contribution in [0.4, 0.5) is 9.18 Å². The quantitative estimate of drug-likeness (QED) is 0.774. The van der Waals surface area contributed by atoms with Crippen LogP contribution in [0, 0.1) is 5.82 Å². The number of rotatable bonds is 0. The summed E-state index contributed by atoms with van der Waals surface area (Å²) in [7, 11) is 1.54. The lowest BCUT2D eigenvalue weighted by Crippen LogP contribution is -2.30. The smallest absolute Gasteiger partial charge is 0.407 e. The Morgan fingerprint density at radius 1 is 1.20 bits per heavy atom. The molecule has 5 nitrogen and oxygen atoms in total. The molecule has 0 bridgehead atoms. The van der Waals surface area contributed by atoms with Gasteiger partial charge in [-0.1, -0.05) is 18.2 Å². The van der Waals surface area contributed by atoms with Gasteiger partial charge in [0.15, 0.2) is 5.75 Å². The first-order valence-electron chi connectivity index (χ1n) is 8.09. The molecule has 6 heteroatoms. The number of alkyl carbamates (subject to hydrolysis) is 1. The molecule has 0 unspecified atom stereocenters. The number of nitrogens with zero attached hydrogens (tertiary/aromatic N) is 1. The van der Waals surface area contributed by atoms with E-state index in [-0.39, 0.29) is 17.5 Å². The maximum atomic E-state index is 13.5. The number of hydrogen-bond acceptors (Lipinski definition) is 4. The van der Waals surface area contributed by atoms with Gasteiger partial charge in [-0.3, -0.25) is 4.98 Å². The standard InChI is InChI=1S/C13H10FNO.C6H13NO2/c14-11-7-15-8-13-10(11)6-5-9-3-1-2-4-12(9)16-13;1-6(2,3)9-5(8)7-4/h1-4,7-8H,5-6H2;1-4H3,(H,7,8). The van der Waals surface area contributed by atoms with E-state index in [0.29, 0.717) is 17.7 Å². The third-order valence-electron chi connectivity index (χ3n) is 3.41. The first-order valence-corrected chi connectivity index (χ1v) is 8.09. The predicted molar refractivity (Wildman–Crippen MR) is 93.4 cm³/mol. The summed E-state index contributed by atoms with van der Waals surface area (Å²) in [4.78, 5) is 14.3. The van der Waals surface area contributed by atoms with Crippen molar-refractivity contribution in [2.24, 2.45) is 0 Å². The zero-order valence-corrected chi connectivity index (χ0v) is 14.9. The van der Waals surface area contributed by atoms with Gasteiger partial charge in [0.05, 0.1) is 12.4 Å². The number of hydrogen-bond donors (Lipinski definition) is 1. The van der Waals surface area contributed by atoms with Gasteiger partial charge in [-0.05, 0) is 45.2 Å². The number of aryl methyl sites for hydroxylation is 1. The molecule has 1 aliphatic rings. The normalized spacial score (nSPS) is 12.4. The molecular formula is C19H23FN2O3. The number of fused-ring (bicyclic) bond motifs is 2. The summed E-state index contributed by atoms with van der Waals surface area (Å²) in [5.41, 5.74) is 1.34. The van der Waals surface area contributed by atoms with E-state index < -0.39 is 0 Å². The molecule has 0 spiro atoms. The van der Waals surface area contributed by atoms with Crippen LogP contribution in [0.5, 0.6) is 11.5 Å². The van der Waals surface area contributed by atoms with Crippen molar-refractivity contribution in [2.45, 2.75) is 39.2 Å². The Balaban J connectivity index is 0.000000217. The maximum Gasteiger partial charge on any atom is 0.407 e. The largest absolute Gasteiger partial charge is 0.455 e. The Labute approximate surface area is 147 Å². The summed E-state index contributed by atoms with van der Waals surface area (Å²) in [6.07, 6.45) is 3.87. The maximum absolute atomic E-state index is 13.5. The van der Waals surface area contributed by atoms with Gasteiger partial charge in [-0.15, -0.1) is 0 Å². The predicted octanol–water partition coefficient (Wildman–Crippen LogP) is 4.25. The van der Waals surface area contributed by atoms with Crippen molar-refractivity contribution in [3.05, 3.63) is 53.6 Å². The van der Waals surface area contributed by atoms with Gasteiger partial charge in [0.1, 0.15) is 17.2 Å². The van der Waals surface area contributed by atoms with Gasteiger partial charge in [0.2, 0.25) is 0 Å². The highest BCUT2D eigenvalue weighted by molar-refractivity contribution is 5.67. The molecule has 0 aliphatic carbocycles. The third-order valence-corrected chi connectivity index (χ3v) is 3.41. The Bertz CT molecular complexity index is 742. The SMILES string of the molecule is CNC(=O)OC(C)(C)C.Fc1cncc2c1CCc1ccccc1O2. The Hall–Kier alpha value is -2.63. The van der Waals surface area contributed by atoms with E-state index in [4.69, 9.17) is 9.47 Å². The molecule has 0 fully saturated rings. The van der Waals surface area contributed by atoms with Gasteiger partial charge in [0.25, 0.3) is 0 Å². The number of para-hydroxylation sites is 1. The zero-order valence-electron chi connectivity index (χ0n) is 14.9. The van der Waals surface area contributed by atoms with Crippen molar-refractivity contribution in [3.8, 4) is 11.5 Å². The fourth-order valence-electron chi connectivity index (χ4n) is 2.29. The van der Waals surface area contributed by atoms with E-state index in [9.17, 15) is 9.18 Å². The molecule has 1 aromatic heterocycles. The molecule has 0 atom stereocenters. The van der Waals surface area contributed by atoms with Crippen LogP contribution in [0.25, 0.3) is 0 Å².